The lowest BCUT2D eigenvalue weighted by Crippen LogP contribution is -2.06. The molecular weight excluding hydrogens is 362 g/mol. The van der Waals surface area contributed by atoms with Gasteiger partial charge in [-0.05, 0) is 37.3 Å². The summed E-state index contributed by atoms with van der Waals surface area (Å²) in [7, 11) is 0. The Morgan fingerprint density at radius 2 is 1.89 bits per heavy atom. The van der Waals surface area contributed by atoms with Crippen LogP contribution < -0.4 is 0 Å². The van der Waals surface area contributed by atoms with Crippen molar-refractivity contribution in [3.8, 4) is 11.5 Å². The number of hydrogen-bond donors (Lipinski definition) is 0. The van der Waals surface area contributed by atoms with E-state index in [1.54, 1.807) is 13.0 Å². The smallest absolute Gasteiger partial charge is 0.331 e. The topological polar surface area (TPSA) is 78.1 Å². The van der Waals surface area contributed by atoms with Crippen molar-refractivity contribution >= 4 is 33.6 Å². The van der Waals surface area contributed by atoms with Gasteiger partial charge in [0.25, 0.3) is 5.89 Å². The number of hydrogen-bond acceptors (Lipinski definition) is 7. The minimum atomic E-state index is -0.650. The summed E-state index contributed by atoms with van der Waals surface area (Å²) in [5.74, 6) is 0.135. The van der Waals surface area contributed by atoms with Crippen molar-refractivity contribution in [2.75, 3.05) is 0 Å². The Kier molecular flexibility index (Phi) is 4.76. The molecule has 2 aromatic carbocycles. The number of fused-ring (bicyclic) bond motifs is 1. The highest BCUT2D eigenvalue weighted by molar-refractivity contribution is 7.19. The van der Waals surface area contributed by atoms with Crippen molar-refractivity contribution in [1.82, 2.24) is 15.2 Å². The minimum absolute atomic E-state index is 0.246. The fraction of sp³-hybridized carbons (Fsp3) is 0.100. The fourth-order valence-electron chi connectivity index (χ4n) is 2.46. The molecule has 134 valence electrons. The molecule has 0 radical (unpaired) electrons. The second-order valence-electron chi connectivity index (χ2n) is 5.74. The van der Waals surface area contributed by atoms with E-state index in [-0.39, 0.29) is 5.89 Å². The van der Waals surface area contributed by atoms with Crippen molar-refractivity contribution in [3.05, 3.63) is 71.6 Å². The molecule has 27 heavy (non-hydrogen) atoms. The highest BCUT2D eigenvalue weighted by Gasteiger charge is 2.18. The summed E-state index contributed by atoms with van der Waals surface area (Å²) in [6, 6.07) is 17.2. The van der Waals surface area contributed by atoms with Crippen LogP contribution in [0.25, 0.3) is 27.7 Å². The van der Waals surface area contributed by atoms with Crippen LogP contribution in [-0.2, 0) is 9.53 Å². The average Bonchev–Trinajstić information content (AvgIpc) is 3.34. The van der Waals surface area contributed by atoms with Crippen LogP contribution in [0.15, 0.2) is 65.1 Å². The van der Waals surface area contributed by atoms with Crippen LogP contribution in [0.4, 0.5) is 0 Å². The predicted molar refractivity (Wildman–Crippen MR) is 103 cm³/mol. The van der Waals surface area contributed by atoms with Crippen molar-refractivity contribution < 1.29 is 13.9 Å². The van der Waals surface area contributed by atoms with E-state index < -0.39 is 12.1 Å². The molecule has 0 aliphatic heterocycles. The van der Waals surface area contributed by atoms with Gasteiger partial charge in [0, 0.05) is 11.6 Å². The first kappa shape index (κ1) is 17.1. The molecule has 4 rings (SSSR count). The number of para-hydroxylation sites is 1. The standard InChI is InChI=1S/C20H15N3O3S/c1-13(19-22-23-20(26-19)14-7-3-2-4-8-14)25-18(24)12-11-17-21-15-9-5-6-10-16(15)27-17/h2-13H,1H3/b12-11+/t13-/m1/s1. The zero-order valence-corrected chi connectivity index (χ0v) is 15.2. The van der Waals surface area contributed by atoms with Crippen LogP contribution in [0.2, 0.25) is 0 Å². The number of nitrogens with zero attached hydrogens (tertiary/aromatic N) is 3. The van der Waals surface area contributed by atoms with Gasteiger partial charge in [0.2, 0.25) is 5.89 Å². The largest absolute Gasteiger partial charge is 0.449 e. The maximum Gasteiger partial charge on any atom is 0.331 e. The SMILES string of the molecule is C[C@@H](OC(=O)/C=C/c1nc2ccccc2s1)c1nnc(-c2ccccc2)o1. The third-order valence-corrected chi connectivity index (χ3v) is 4.78. The molecule has 1 atom stereocenters. The van der Waals surface area contributed by atoms with Gasteiger partial charge in [-0.15, -0.1) is 21.5 Å². The van der Waals surface area contributed by atoms with Gasteiger partial charge in [-0.3, -0.25) is 0 Å². The van der Waals surface area contributed by atoms with E-state index in [2.05, 4.69) is 15.2 Å². The van der Waals surface area contributed by atoms with Gasteiger partial charge < -0.3 is 9.15 Å². The predicted octanol–water partition coefficient (Wildman–Crippen LogP) is 4.66. The maximum absolute atomic E-state index is 12.1. The van der Waals surface area contributed by atoms with E-state index in [0.717, 1.165) is 20.8 Å². The number of rotatable bonds is 5. The van der Waals surface area contributed by atoms with Gasteiger partial charge in [0.15, 0.2) is 6.10 Å². The van der Waals surface area contributed by atoms with Crippen molar-refractivity contribution in [1.29, 1.82) is 0 Å². The van der Waals surface area contributed by atoms with Crippen LogP contribution in [0.1, 0.15) is 23.9 Å². The van der Waals surface area contributed by atoms with E-state index in [1.807, 2.05) is 54.6 Å². The molecular formula is C20H15N3O3S. The van der Waals surface area contributed by atoms with Gasteiger partial charge in [-0.1, -0.05) is 30.3 Å². The number of benzene rings is 2. The molecule has 0 saturated heterocycles. The number of esters is 1. The number of carbonyl (C=O) groups excluding carboxylic acids is 1. The summed E-state index contributed by atoms with van der Waals surface area (Å²) in [5, 5.41) is 8.70. The van der Waals surface area contributed by atoms with E-state index in [9.17, 15) is 4.79 Å². The summed E-state index contributed by atoms with van der Waals surface area (Å²) in [6.45, 7) is 1.69. The lowest BCUT2D eigenvalue weighted by molar-refractivity contribution is -0.143. The third-order valence-electron chi connectivity index (χ3n) is 3.77. The second-order valence-corrected chi connectivity index (χ2v) is 6.81. The van der Waals surface area contributed by atoms with Crippen LogP contribution in [0.3, 0.4) is 0 Å². The summed E-state index contributed by atoms with van der Waals surface area (Å²) in [4.78, 5) is 16.5. The maximum atomic E-state index is 12.1. The highest BCUT2D eigenvalue weighted by atomic mass is 32.1. The first-order valence-electron chi connectivity index (χ1n) is 8.32. The summed E-state index contributed by atoms with van der Waals surface area (Å²) in [5.41, 5.74) is 1.72. The molecule has 2 heterocycles. The third kappa shape index (κ3) is 3.93. The normalized spacial score (nSPS) is 12.5. The molecule has 0 bridgehead atoms. The number of aromatic nitrogens is 3. The number of thiazole rings is 1. The van der Waals surface area contributed by atoms with Gasteiger partial charge in [-0.25, -0.2) is 9.78 Å². The summed E-state index contributed by atoms with van der Waals surface area (Å²) < 4.78 is 12.0. The Morgan fingerprint density at radius 3 is 2.70 bits per heavy atom. The van der Waals surface area contributed by atoms with Crippen LogP contribution in [0.5, 0.6) is 0 Å². The van der Waals surface area contributed by atoms with Crippen molar-refractivity contribution in [2.24, 2.45) is 0 Å². The second kappa shape index (κ2) is 7.51. The van der Waals surface area contributed by atoms with E-state index in [1.165, 1.54) is 17.4 Å². The molecule has 2 aromatic heterocycles. The molecule has 4 aromatic rings. The summed E-state index contributed by atoms with van der Waals surface area (Å²) in [6.07, 6.45) is 2.34. The monoisotopic (exact) mass is 377 g/mol. The molecule has 7 heteroatoms. The zero-order valence-electron chi connectivity index (χ0n) is 14.4. The molecule has 0 unspecified atom stereocenters. The minimum Gasteiger partial charge on any atom is -0.449 e. The first-order chi connectivity index (χ1) is 13.2. The Bertz CT molecular complexity index is 1070. The van der Waals surface area contributed by atoms with Crippen LogP contribution >= 0.6 is 11.3 Å². The Balaban J connectivity index is 1.41. The fourth-order valence-corrected chi connectivity index (χ4v) is 3.33. The lowest BCUT2D eigenvalue weighted by atomic mass is 10.2. The Labute approximate surface area is 159 Å². The van der Waals surface area contributed by atoms with Crippen LogP contribution in [-0.4, -0.2) is 21.2 Å². The molecule has 0 amide bonds. The lowest BCUT2D eigenvalue weighted by Gasteiger charge is -2.06. The van der Waals surface area contributed by atoms with Gasteiger partial charge in [-0.2, -0.15) is 0 Å². The molecule has 0 spiro atoms. The molecule has 0 saturated carbocycles. The Hall–Kier alpha value is -3.32. The van der Waals surface area contributed by atoms with Crippen LogP contribution in [0, 0.1) is 0 Å². The number of carbonyl (C=O) groups is 1. The van der Waals surface area contributed by atoms with E-state index in [4.69, 9.17) is 9.15 Å². The molecule has 0 fully saturated rings. The Morgan fingerprint density at radius 1 is 1.11 bits per heavy atom. The highest BCUT2D eigenvalue weighted by Crippen LogP contribution is 2.24. The molecule has 0 aliphatic rings. The van der Waals surface area contributed by atoms with Gasteiger partial charge >= 0.3 is 5.97 Å². The summed E-state index contributed by atoms with van der Waals surface area (Å²) >= 11 is 1.51. The number of ether oxygens (including phenoxy) is 1. The first-order valence-corrected chi connectivity index (χ1v) is 9.14. The van der Waals surface area contributed by atoms with Crippen molar-refractivity contribution in [3.63, 3.8) is 0 Å². The zero-order chi connectivity index (χ0) is 18.6. The molecule has 0 aliphatic carbocycles. The van der Waals surface area contributed by atoms with Crippen molar-refractivity contribution in [2.45, 2.75) is 13.0 Å². The van der Waals surface area contributed by atoms with Gasteiger partial charge in [0.05, 0.1) is 10.2 Å². The average molecular weight is 377 g/mol. The quantitative estimate of drug-likeness (QED) is 0.372. The molecule has 6 nitrogen and oxygen atoms in total. The van der Waals surface area contributed by atoms with E-state index >= 15 is 0 Å². The molecule has 0 N–H and O–H groups in total. The van der Waals surface area contributed by atoms with Gasteiger partial charge in [0.1, 0.15) is 5.01 Å². The van der Waals surface area contributed by atoms with E-state index in [0.29, 0.717) is 5.89 Å².